The van der Waals surface area contributed by atoms with Crippen LogP contribution in [0, 0.1) is 11.7 Å². The fraction of sp³-hybridized carbons (Fsp3) is 0.250. The molecule has 1 aliphatic rings. The molecule has 1 aromatic carbocycles. The van der Waals surface area contributed by atoms with E-state index in [2.05, 4.69) is 38.3 Å². The second-order valence-corrected chi connectivity index (χ2v) is 8.31. The lowest BCUT2D eigenvalue weighted by molar-refractivity contribution is 0.0958. The van der Waals surface area contributed by atoms with Crippen molar-refractivity contribution in [1.29, 1.82) is 0 Å². The Morgan fingerprint density at radius 2 is 2.12 bits per heavy atom. The lowest BCUT2D eigenvalue weighted by Crippen LogP contribution is -2.33. The number of H-pyrrole nitrogens is 1. The first-order valence-electron chi connectivity index (χ1n) is 10.7. The molecule has 1 unspecified atom stereocenters. The number of nitrogens with zero attached hydrogens (tertiary/aromatic N) is 4. The van der Waals surface area contributed by atoms with E-state index in [1.165, 1.54) is 16.8 Å². The third-order valence-electron chi connectivity index (χ3n) is 6.10. The van der Waals surface area contributed by atoms with Crippen LogP contribution in [-0.2, 0) is 6.54 Å². The van der Waals surface area contributed by atoms with Gasteiger partial charge < -0.3 is 10.3 Å². The number of carbonyl (C=O) groups excluding carboxylic acids is 1. The number of carbonyl (C=O) groups is 1. The van der Waals surface area contributed by atoms with E-state index in [1.807, 2.05) is 6.07 Å². The van der Waals surface area contributed by atoms with Crippen LogP contribution in [-0.4, -0.2) is 50.5 Å². The van der Waals surface area contributed by atoms with Crippen molar-refractivity contribution >= 4 is 28.0 Å². The van der Waals surface area contributed by atoms with Gasteiger partial charge in [0, 0.05) is 44.5 Å². The number of hydrogen-bond donors (Lipinski definition) is 2. The van der Waals surface area contributed by atoms with Crippen molar-refractivity contribution in [2.75, 3.05) is 20.1 Å². The molecule has 168 valence electrons. The highest BCUT2D eigenvalue weighted by Gasteiger charge is 2.22. The molecule has 1 aliphatic heterocycles. The van der Waals surface area contributed by atoms with Crippen LogP contribution in [0.2, 0.25) is 0 Å². The molecule has 33 heavy (non-hydrogen) atoms. The summed E-state index contributed by atoms with van der Waals surface area (Å²) in [5.41, 5.74) is 4.24. The minimum Gasteiger partial charge on any atom is -0.354 e. The quantitative estimate of drug-likeness (QED) is 0.503. The fourth-order valence-corrected chi connectivity index (χ4v) is 4.45. The number of aromatic nitrogens is 4. The molecule has 3 aromatic heterocycles. The summed E-state index contributed by atoms with van der Waals surface area (Å²) in [7, 11) is 1.58. The summed E-state index contributed by atoms with van der Waals surface area (Å²) < 4.78 is 16.4. The van der Waals surface area contributed by atoms with Crippen molar-refractivity contribution in [2.24, 2.45) is 5.92 Å². The van der Waals surface area contributed by atoms with Gasteiger partial charge in [-0.25, -0.2) is 8.91 Å². The Hall–Kier alpha value is -3.85. The summed E-state index contributed by atoms with van der Waals surface area (Å²) in [5.74, 6) is -0.341. The molecule has 0 radical (unpaired) electrons. The van der Waals surface area contributed by atoms with Crippen LogP contribution < -0.4 is 10.9 Å². The largest absolute Gasteiger partial charge is 0.354 e. The molecule has 5 rings (SSSR count). The Labute approximate surface area is 188 Å². The first-order valence-corrected chi connectivity index (χ1v) is 10.7. The van der Waals surface area contributed by atoms with Crippen molar-refractivity contribution in [3.05, 3.63) is 81.8 Å². The van der Waals surface area contributed by atoms with Gasteiger partial charge in [-0.1, -0.05) is 19.1 Å². The van der Waals surface area contributed by atoms with Crippen LogP contribution in [0.3, 0.4) is 0 Å². The van der Waals surface area contributed by atoms with Gasteiger partial charge in [0.15, 0.2) is 0 Å². The molecular formula is C24H23FN6O2. The number of aromatic amines is 1. The van der Waals surface area contributed by atoms with Crippen LogP contribution in [0.5, 0.6) is 0 Å². The summed E-state index contributed by atoms with van der Waals surface area (Å²) in [4.78, 5) is 33.2. The number of halogens is 1. The Morgan fingerprint density at radius 3 is 2.85 bits per heavy atom. The predicted molar refractivity (Wildman–Crippen MR) is 123 cm³/mol. The number of fused-ring (bicyclic) bond motifs is 3. The molecule has 2 N–H and O–H groups in total. The predicted octanol–water partition coefficient (Wildman–Crippen LogP) is 2.60. The zero-order valence-corrected chi connectivity index (χ0v) is 18.3. The van der Waals surface area contributed by atoms with E-state index < -0.39 is 0 Å². The first kappa shape index (κ1) is 21.0. The van der Waals surface area contributed by atoms with E-state index >= 15 is 0 Å². The normalized spacial score (nSPS) is 16.8. The molecule has 9 heteroatoms. The number of amides is 1. The Morgan fingerprint density at radius 1 is 1.27 bits per heavy atom. The number of pyridine rings is 1. The van der Waals surface area contributed by atoms with Gasteiger partial charge in [0.05, 0.1) is 17.2 Å². The SMILES string of the molecule is CNC(=O)c1ccc(C2=CCN(Cc3cc4[nH]c(=O)c5ccnn5c4cc3F)CC2C)cn1. The summed E-state index contributed by atoms with van der Waals surface area (Å²) in [6.07, 6.45) is 5.37. The van der Waals surface area contributed by atoms with E-state index in [0.29, 0.717) is 40.9 Å². The highest BCUT2D eigenvalue weighted by atomic mass is 19.1. The minimum atomic E-state index is -0.331. The number of benzene rings is 1. The Bertz CT molecular complexity index is 1450. The highest BCUT2D eigenvalue weighted by molar-refractivity contribution is 5.92. The number of hydrogen-bond acceptors (Lipinski definition) is 5. The average molecular weight is 446 g/mol. The van der Waals surface area contributed by atoms with E-state index in [1.54, 1.807) is 31.4 Å². The van der Waals surface area contributed by atoms with Crippen LogP contribution in [0.25, 0.3) is 22.1 Å². The van der Waals surface area contributed by atoms with Gasteiger partial charge in [-0.05, 0) is 35.3 Å². The number of nitrogens with one attached hydrogen (secondary N) is 2. The van der Waals surface area contributed by atoms with Gasteiger partial charge in [0.1, 0.15) is 17.0 Å². The van der Waals surface area contributed by atoms with Crippen molar-refractivity contribution in [3.63, 3.8) is 0 Å². The van der Waals surface area contributed by atoms with E-state index in [4.69, 9.17) is 0 Å². The smallest absolute Gasteiger partial charge is 0.274 e. The maximum absolute atomic E-state index is 15.0. The molecule has 0 saturated heterocycles. The van der Waals surface area contributed by atoms with Crippen molar-refractivity contribution in [1.82, 2.24) is 29.8 Å². The second kappa shape index (κ2) is 8.25. The van der Waals surface area contributed by atoms with Crippen LogP contribution >= 0.6 is 0 Å². The molecule has 1 atom stereocenters. The monoisotopic (exact) mass is 446 g/mol. The summed E-state index contributed by atoms with van der Waals surface area (Å²) in [6.45, 7) is 3.94. The van der Waals surface area contributed by atoms with Gasteiger partial charge >= 0.3 is 0 Å². The summed E-state index contributed by atoms with van der Waals surface area (Å²) >= 11 is 0. The number of rotatable bonds is 4. The molecule has 8 nitrogen and oxygen atoms in total. The van der Waals surface area contributed by atoms with Gasteiger partial charge in [-0.2, -0.15) is 5.10 Å². The zero-order valence-electron chi connectivity index (χ0n) is 18.3. The summed E-state index contributed by atoms with van der Waals surface area (Å²) in [6, 6.07) is 8.35. The van der Waals surface area contributed by atoms with Gasteiger partial charge in [-0.15, -0.1) is 0 Å². The van der Waals surface area contributed by atoms with Crippen LogP contribution in [0.1, 0.15) is 28.5 Å². The Kier molecular flexibility index (Phi) is 5.26. The first-order chi connectivity index (χ1) is 15.9. The molecule has 4 heterocycles. The molecule has 0 aliphatic carbocycles. The summed E-state index contributed by atoms with van der Waals surface area (Å²) in [5, 5.41) is 6.71. The van der Waals surface area contributed by atoms with Crippen molar-refractivity contribution < 1.29 is 9.18 Å². The molecule has 0 saturated carbocycles. The van der Waals surface area contributed by atoms with E-state index in [9.17, 15) is 14.0 Å². The standard InChI is InChI=1S/C24H23FN6O2/c1-14-12-30(8-6-17(14)15-3-4-19(27-11-15)23(32)26-2)13-16-9-20-22(10-18(16)25)31-21(5-7-28-31)24(33)29-20/h3-7,9-11,14H,8,12-13H2,1-2H3,(H,26,32)(H,29,33). The highest BCUT2D eigenvalue weighted by Crippen LogP contribution is 2.29. The van der Waals surface area contributed by atoms with E-state index in [0.717, 1.165) is 17.7 Å². The average Bonchev–Trinajstić information content (AvgIpc) is 3.31. The molecule has 0 spiro atoms. The van der Waals surface area contributed by atoms with Gasteiger partial charge in [-0.3, -0.25) is 19.5 Å². The lowest BCUT2D eigenvalue weighted by atomic mass is 9.91. The maximum atomic E-state index is 15.0. The molecule has 4 aromatic rings. The topological polar surface area (TPSA) is 95.4 Å². The van der Waals surface area contributed by atoms with Gasteiger partial charge in [0.2, 0.25) is 0 Å². The molecule has 1 amide bonds. The zero-order chi connectivity index (χ0) is 23.1. The molecular weight excluding hydrogens is 423 g/mol. The minimum absolute atomic E-state index is 0.207. The van der Waals surface area contributed by atoms with Crippen molar-refractivity contribution in [2.45, 2.75) is 13.5 Å². The van der Waals surface area contributed by atoms with Crippen molar-refractivity contribution in [3.8, 4) is 0 Å². The van der Waals surface area contributed by atoms with Gasteiger partial charge in [0.25, 0.3) is 11.5 Å². The third-order valence-corrected chi connectivity index (χ3v) is 6.10. The molecule has 0 bridgehead atoms. The van der Waals surface area contributed by atoms with Crippen LogP contribution in [0.15, 0.2) is 53.6 Å². The van der Waals surface area contributed by atoms with Crippen LogP contribution in [0.4, 0.5) is 4.39 Å². The third kappa shape index (κ3) is 3.80. The maximum Gasteiger partial charge on any atom is 0.274 e. The van der Waals surface area contributed by atoms with E-state index in [-0.39, 0.29) is 23.2 Å². The lowest BCUT2D eigenvalue weighted by Gasteiger charge is -2.31. The second-order valence-electron chi connectivity index (χ2n) is 8.31. The Balaban J connectivity index is 1.38. The fourth-order valence-electron chi connectivity index (χ4n) is 4.45. The molecule has 0 fully saturated rings.